The van der Waals surface area contributed by atoms with Crippen molar-refractivity contribution in [1.82, 2.24) is 0 Å². The summed E-state index contributed by atoms with van der Waals surface area (Å²) in [5.74, 6) is 0. The lowest BCUT2D eigenvalue weighted by Gasteiger charge is -2.32. The van der Waals surface area contributed by atoms with Crippen LogP contribution in [0.1, 0.15) is 38.8 Å². The predicted octanol–water partition coefficient (Wildman–Crippen LogP) is 4.04. The minimum absolute atomic E-state index is 0.225. The zero-order chi connectivity index (χ0) is 19.7. The zero-order valence-electron chi connectivity index (χ0n) is 16.5. The molecular weight excluding hydrogens is 341 g/mol. The molecule has 0 radical (unpaired) electrons. The smallest absolute Gasteiger partial charge is 0.444 e. The fourth-order valence-electron chi connectivity index (χ4n) is 2.77. The maximum Gasteiger partial charge on any atom is 0.494 e. The van der Waals surface area contributed by atoms with E-state index in [1.807, 2.05) is 83.1 Å². The summed E-state index contributed by atoms with van der Waals surface area (Å²) in [5.41, 5.74) is 2.59. The number of hydrogen-bond donors (Lipinski definition) is 1. The van der Waals surface area contributed by atoms with Crippen molar-refractivity contribution in [1.29, 1.82) is 0 Å². The summed E-state index contributed by atoms with van der Waals surface area (Å²) in [6.07, 6.45) is -0.493. The number of carbonyl (C=O) groups excluding carboxylic acids is 1. The maximum absolute atomic E-state index is 12.2. The molecule has 0 saturated carbocycles. The minimum atomic E-state index is -0.493. The van der Waals surface area contributed by atoms with Gasteiger partial charge in [-0.15, -0.1) is 0 Å². The molecule has 0 bridgehead atoms. The van der Waals surface area contributed by atoms with Gasteiger partial charge in [0.2, 0.25) is 0 Å². The summed E-state index contributed by atoms with van der Waals surface area (Å²) in [5, 5.41) is 2.81. The third-order valence-corrected chi connectivity index (χ3v) is 5.24. The van der Waals surface area contributed by atoms with E-state index in [2.05, 4.69) is 5.32 Å². The normalized spacial score (nSPS) is 17.6. The molecule has 2 aromatic rings. The quantitative estimate of drug-likeness (QED) is 0.829. The van der Waals surface area contributed by atoms with Gasteiger partial charge in [-0.1, -0.05) is 42.5 Å². The summed E-state index contributed by atoms with van der Waals surface area (Å²) in [4.78, 5) is 12.2. The molecule has 2 aromatic carbocycles. The maximum atomic E-state index is 12.2. The number of aryl methyl sites for hydroxylation is 1. The van der Waals surface area contributed by atoms with Gasteiger partial charge in [0, 0.05) is 5.69 Å². The fraction of sp³-hybridized carbons (Fsp3) is 0.381. The number of ether oxygens (including phenoxy) is 1. The van der Waals surface area contributed by atoms with Crippen LogP contribution >= 0.6 is 0 Å². The number of rotatable bonds is 4. The van der Waals surface area contributed by atoms with Crippen molar-refractivity contribution in [2.24, 2.45) is 0 Å². The van der Waals surface area contributed by atoms with E-state index in [1.165, 1.54) is 0 Å². The van der Waals surface area contributed by atoms with Gasteiger partial charge in [0.05, 0.1) is 11.2 Å². The molecule has 1 aliphatic rings. The molecule has 1 N–H and O–H groups in total. The predicted molar refractivity (Wildman–Crippen MR) is 107 cm³/mol. The molecule has 1 aliphatic heterocycles. The van der Waals surface area contributed by atoms with Crippen molar-refractivity contribution in [2.75, 3.05) is 5.32 Å². The highest BCUT2D eigenvalue weighted by Gasteiger charge is 2.51. The van der Waals surface area contributed by atoms with Gasteiger partial charge in [0.15, 0.2) is 0 Å². The van der Waals surface area contributed by atoms with Crippen LogP contribution in [-0.2, 0) is 20.7 Å². The molecule has 1 saturated heterocycles. The molecule has 3 rings (SSSR count). The van der Waals surface area contributed by atoms with Crippen molar-refractivity contribution < 1.29 is 18.8 Å². The molecule has 5 nitrogen and oxygen atoms in total. The third-order valence-electron chi connectivity index (χ3n) is 5.24. The van der Waals surface area contributed by atoms with E-state index in [0.29, 0.717) is 5.69 Å². The average molecular weight is 367 g/mol. The lowest BCUT2D eigenvalue weighted by molar-refractivity contribution is 0.00578. The summed E-state index contributed by atoms with van der Waals surface area (Å²) < 4.78 is 17.5. The number of benzene rings is 2. The van der Waals surface area contributed by atoms with Crippen LogP contribution in [-0.4, -0.2) is 24.4 Å². The Morgan fingerprint density at radius 2 is 1.67 bits per heavy atom. The Bertz CT molecular complexity index is 804. The first-order valence-electron chi connectivity index (χ1n) is 9.12. The Labute approximate surface area is 161 Å². The van der Waals surface area contributed by atoms with Gasteiger partial charge in [0.1, 0.15) is 6.61 Å². The Balaban J connectivity index is 1.68. The lowest BCUT2D eigenvalue weighted by atomic mass is 9.78. The highest BCUT2D eigenvalue weighted by molar-refractivity contribution is 6.62. The standard InChI is InChI=1S/C21H26BNO4/c1-15-11-12-17(22-26-20(2,3)21(4,5)27-22)13-18(15)23-19(24)25-14-16-9-7-6-8-10-16/h6-13H,14H2,1-5H3,(H,23,24). The van der Waals surface area contributed by atoms with Crippen molar-refractivity contribution in [3.8, 4) is 0 Å². The summed E-state index contributed by atoms with van der Waals surface area (Å²) in [6, 6.07) is 15.3. The summed E-state index contributed by atoms with van der Waals surface area (Å²) in [7, 11) is -0.475. The Morgan fingerprint density at radius 3 is 2.30 bits per heavy atom. The molecule has 1 fully saturated rings. The molecule has 0 aromatic heterocycles. The highest BCUT2D eigenvalue weighted by Crippen LogP contribution is 2.36. The number of carbonyl (C=O) groups is 1. The van der Waals surface area contributed by atoms with Gasteiger partial charge in [-0.05, 0) is 57.3 Å². The van der Waals surface area contributed by atoms with Gasteiger partial charge in [-0.2, -0.15) is 0 Å². The van der Waals surface area contributed by atoms with Crippen LogP contribution in [0.15, 0.2) is 48.5 Å². The van der Waals surface area contributed by atoms with E-state index in [-0.39, 0.29) is 6.61 Å². The second-order valence-corrected chi connectivity index (χ2v) is 7.85. The Hall–Kier alpha value is -2.31. The van der Waals surface area contributed by atoms with Crippen molar-refractivity contribution in [2.45, 2.75) is 52.4 Å². The number of amides is 1. The zero-order valence-corrected chi connectivity index (χ0v) is 16.5. The monoisotopic (exact) mass is 367 g/mol. The molecule has 27 heavy (non-hydrogen) atoms. The average Bonchev–Trinajstić information content (AvgIpc) is 2.83. The highest BCUT2D eigenvalue weighted by atomic mass is 16.7. The molecule has 1 heterocycles. The van der Waals surface area contributed by atoms with Crippen LogP contribution in [0, 0.1) is 6.92 Å². The van der Waals surface area contributed by atoms with E-state index in [1.54, 1.807) is 0 Å². The third kappa shape index (κ3) is 4.34. The first-order chi connectivity index (χ1) is 12.7. The van der Waals surface area contributed by atoms with Crippen molar-refractivity contribution in [3.05, 3.63) is 59.7 Å². The van der Waals surface area contributed by atoms with Gasteiger partial charge in [0.25, 0.3) is 0 Å². The summed E-state index contributed by atoms with van der Waals surface area (Å²) >= 11 is 0. The topological polar surface area (TPSA) is 56.8 Å². The van der Waals surface area contributed by atoms with Crippen molar-refractivity contribution >= 4 is 24.4 Å². The van der Waals surface area contributed by atoms with E-state index >= 15 is 0 Å². The van der Waals surface area contributed by atoms with Gasteiger partial charge in [-0.25, -0.2) is 4.79 Å². The van der Waals surface area contributed by atoms with Crippen LogP contribution in [0.4, 0.5) is 10.5 Å². The number of anilines is 1. The molecule has 0 atom stereocenters. The van der Waals surface area contributed by atoms with Crippen LogP contribution in [0.2, 0.25) is 0 Å². The molecule has 142 valence electrons. The van der Waals surface area contributed by atoms with Gasteiger partial charge < -0.3 is 14.0 Å². The molecule has 1 amide bonds. The number of nitrogens with one attached hydrogen (secondary N) is 1. The fourth-order valence-corrected chi connectivity index (χ4v) is 2.77. The molecule has 0 unspecified atom stereocenters. The molecule has 0 spiro atoms. The van der Waals surface area contributed by atoms with Crippen LogP contribution in [0.5, 0.6) is 0 Å². The van der Waals surface area contributed by atoms with Crippen LogP contribution < -0.4 is 10.8 Å². The first-order valence-corrected chi connectivity index (χ1v) is 9.12. The number of hydrogen-bond acceptors (Lipinski definition) is 4. The molecular formula is C21H26BNO4. The summed E-state index contributed by atoms with van der Waals surface area (Å²) in [6.45, 7) is 10.2. The SMILES string of the molecule is Cc1ccc(B2OC(C)(C)C(C)(C)O2)cc1NC(=O)OCc1ccccc1. The van der Waals surface area contributed by atoms with Gasteiger partial charge in [-0.3, -0.25) is 5.32 Å². The first kappa shape index (κ1) is 19.5. The van der Waals surface area contributed by atoms with Crippen LogP contribution in [0.25, 0.3) is 0 Å². The van der Waals surface area contributed by atoms with E-state index in [0.717, 1.165) is 16.6 Å². The minimum Gasteiger partial charge on any atom is -0.444 e. The van der Waals surface area contributed by atoms with E-state index in [9.17, 15) is 4.79 Å². The lowest BCUT2D eigenvalue weighted by Crippen LogP contribution is -2.41. The van der Waals surface area contributed by atoms with Crippen molar-refractivity contribution in [3.63, 3.8) is 0 Å². The van der Waals surface area contributed by atoms with E-state index in [4.69, 9.17) is 14.0 Å². The molecule has 6 heteroatoms. The Kier molecular flexibility index (Phi) is 5.31. The van der Waals surface area contributed by atoms with E-state index < -0.39 is 24.4 Å². The molecule has 0 aliphatic carbocycles. The Morgan fingerprint density at radius 1 is 1.04 bits per heavy atom. The van der Waals surface area contributed by atoms with Crippen LogP contribution in [0.3, 0.4) is 0 Å². The second-order valence-electron chi connectivity index (χ2n) is 7.85. The second kappa shape index (κ2) is 7.37. The van der Waals surface area contributed by atoms with Gasteiger partial charge >= 0.3 is 13.2 Å². The largest absolute Gasteiger partial charge is 0.494 e.